The van der Waals surface area contributed by atoms with Crippen LogP contribution in [0.25, 0.3) is 133 Å². The van der Waals surface area contributed by atoms with Crippen LogP contribution in [0.4, 0.5) is 0 Å². The van der Waals surface area contributed by atoms with E-state index in [2.05, 4.69) is 162 Å². The van der Waals surface area contributed by atoms with E-state index in [0.29, 0.717) is 0 Å². The van der Waals surface area contributed by atoms with Gasteiger partial charge in [-0.05, 0) is 100 Å². The number of aromatic nitrogens is 2. The number of furan rings is 2. The first-order chi connectivity index (χ1) is 27.7. The Balaban J connectivity index is 1.05. The normalized spacial score (nSPS) is 12.4. The Labute approximate surface area is 320 Å². The second kappa shape index (κ2) is 10.6. The van der Waals surface area contributed by atoms with Crippen molar-refractivity contribution in [2.75, 3.05) is 0 Å². The van der Waals surface area contributed by atoms with Gasteiger partial charge in [0.25, 0.3) is 0 Å². The molecule has 0 radical (unpaired) electrons. The Morgan fingerprint density at radius 1 is 0.411 bits per heavy atom. The van der Waals surface area contributed by atoms with Crippen molar-refractivity contribution in [1.82, 2.24) is 9.13 Å². The van der Waals surface area contributed by atoms with Gasteiger partial charge < -0.3 is 18.0 Å². The molecule has 0 fully saturated rings. The zero-order chi connectivity index (χ0) is 36.8. The van der Waals surface area contributed by atoms with Gasteiger partial charge in [0.2, 0.25) is 0 Å². The van der Waals surface area contributed by atoms with E-state index in [1.165, 1.54) is 26.9 Å². The Hall–Kier alpha value is -7.56. The first-order valence-electron chi connectivity index (χ1n) is 19.0. The lowest BCUT2D eigenvalue weighted by molar-refractivity contribution is 0.669. The monoisotopic (exact) mass is 714 g/mol. The molecule has 56 heavy (non-hydrogen) atoms. The van der Waals surface area contributed by atoms with E-state index in [0.717, 1.165) is 105 Å². The highest BCUT2D eigenvalue weighted by molar-refractivity contribution is 6.37. The number of hydrogen-bond donors (Lipinski definition) is 0. The van der Waals surface area contributed by atoms with Crippen LogP contribution in [0.5, 0.6) is 0 Å². The van der Waals surface area contributed by atoms with Crippen LogP contribution in [-0.4, -0.2) is 9.13 Å². The molecular formula is C52H30N2O2. The molecule has 0 bridgehead atoms. The van der Waals surface area contributed by atoms with Crippen LogP contribution in [0, 0.1) is 0 Å². The molecule has 4 nitrogen and oxygen atoms in total. The van der Waals surface area contributed by atoms with Gasteiger partial charge in [-0.15, -0.1) is 0 Å². The van der Waals surface area contributed by atoms with Crippen molar-refractivity contribution in [3.05, 3.63) is 170 Å². The summed E-state index contributed by atoms with van der Waals surface area (Å²) in [7, 11) is 0. The SMILES string of the molecule is C=Cc1c(C=C)n(-c2ccccc2)c2ccc(-c3ccc4c(c3)c3ccccc3n4-c3cc4c5c(c3)oc3ccc6ccc7oc8cccc-4c8c7c6c35)cc12. The minimum Gasteiger partial charge on any atom is -0.456 e. The zero-order valence-corrected chi connectivity index (χ0v) is 30.1. The molecule has 12 aromatic rings. The lowest BCUT2D eigenvalue weighted by Gasteiger charge is -2.12. The van der Waals surface area contributed by atoms with Gasteiger partial charge in [-0.3, -0.25) is 0 Å². The number of nitrogens with zero attached hydrogens (tertiary/aromatic N) is 2. The highest BCUT2D eigenvalue weighted by atomic mass is 16.3. The molecule has 13 rings (SSSR count). The van der Waals surface area contributed by atoms with Crippen molar-refractivity contribution in [3.8, 4) is 33.6 Å². The third-order valence-corrected chi connectivity index (χ3v) is 12.2. The smallest absolute Gasteiger partial charge is 0.138 e. The second-order valence-corrected chi connectivity index (χ2v) is 14.9. The van der Waals surface area contributed by atoms with Gasteiger partial charge in [-0.1, -0.05) is 92.0 Å². The second-order valence-electron chi connectivity index (χ2n) is 14.9. The summed E-state index contributed by atoms with van der Waals surface area (Å²) >= 11 is 0. The van der Waals surface area contributed by atoms with Crippen molar-refractivity contribution >= 4 is 99.5 Å². The van der Waals surface area contributed by atoms with Gasteiger partial charge >= 0.3 is 0 Å². The molecule has 4 heterocycles. The third kappa shape index (κ3) is 3.68. The first-order valence-corrected chi connectivity index (χ1v) is 19.0. The lowest BCUT2D eigenvalue weighted by Crippen LogP contribution is -1.96. The summed E-state index contributed by atoms with van der Waals surface area (Å²) in [6.45, 7) is 8.39. The quantitative estimate of drug-likeness (QED) is 0.178. The maximum Gasteiger partial charge on any atom is 0.138 e. The van der Waals surface area contributed by atoms with E-state index in [9.17, 15) is 0 Å². The standard InChI is InChI=1S/C52H30N2O2/c1-3-34-37-25-30(17-21-42(37)53(40(34)4-2)32-11-6-5-7-12-32)31-18-22-43-38(26-31)35-13-8-9-15-41(35)54(43)33-27-39-36-14-10-16-44-49(36)51-45(55-44)23-19-29-20-24-46-52(48(29)51)50(39)47(28-33)56-46/h3-28H,1-2H2. The summed E-state index contributed by atoms with van der Waals surface area (Å²) in [6, 6.07) is 52.4. The Morgan fingerprint density at radius 2 is 1.07 bits per heavy atom. The number of hydrogen-bond acceptors (Lipinski definition) is 2. The number of fused-ring (bicyclic) bond motifs is 5. The van der Waals surface area contributed by atoms with E-state index in [4.69, 9.17) is 8.83 Å². The van der Waals surface area contributed by atoms with Crippen LogP contribution >= 0.6 is 0 Å². The molecule has 4 aromatic heterocycles. The Bertz CT molecular complexity index is 3740. The largest absolute Gasteiger partial charge is 0.456 e. The number of rotatable bonds is 5. The van der Waals surface area contributed by atoms with E-state index >= 15 is 0 Å². The van der Waals surface area contributed by atoms with Gasteiger partial charge in [-0.2, -0.15) is 0 Å². The van der Waals surface area contributed by atoms with Gasteiger partial charge in [0.05, 0.1) is 27.9 Å². The maximum absolute atomic E-state index is 6.77. The Morgan fingerprint density at radius 3 is 1.84 bits per heavy atom. The Kier molecular flexibility index (Phi) is 5.63. The summed E-state index contributed by atoms with van der Waals surface area (Å²) in [5.74, 6) is 0. The maximum atomic E-state index is 6.77. The van der Waals surface area contributed by atoms with E-state index in [1.807, 2.05) is 18.2 Å². The molecule has 1 aliphatic carbocycles. The molecule has 0 atom stereocenters. The molecule has 0 unspecified atom stereocenters. The first kappa shape index (κ1) is 29.8. The van der Waals surface area contributed by atoms with Gasteiger partial charge in [0, 0.05) is 60.4 Å². The summed E-state index contributed by atoms with van der Waals surface area (Å²) in [5.41, 5.74) is 15.9. The molecule has 4 heteroatoms. The van der Waals surface area contributed by atoms with E-state index in [-0.39, 0.29) is 0 Å². The fraction of sp³-hybridized carbons (Fsp3) is 0. The molecule has 0 N–H and O–H groups in total. The van der Waals surface area contributed by atoms with Crippen molar-refractivity contribution in [3.63, 3.8) is 0 Å². The summed E-state index contributed by atoms with van der Waals surface area (Å²) in [4.78, 5) is 0. The average Bonchev–Trinajstić information content (AvgIpc) is 3.98. The molecule has 0 spiro atoms. The molecule has 8 aromatic carbocycles. The molecule has 0 amide bonds. The van der Waals surface area contributed by atoms with E-state index in [1.54, 1.807) is 0 Å². The molecule has 1 aliphatic rings. The minimum absolute atomic E-state index is 0.881. The molecule has 0 saturated carbocycles. The summed E-state index contributed by atoms with van der Waals surface area (Å²) in [6.07, 6.45) is 3.88. The zero-order valence-electron chi connectivity index (χ0n) is 30.1. The molecule has 0 saturated heterocycles. The lowest BCUT2D eigenvalue weighted by atomic mass is 9.97. The number of benzene rings is 8. The highest BCUT2D eigenvalue weighted by Crippen LogP contribution is 2.51. The summed E-state index contributed by atoms with van der Waals surface area (Å²) < 4.78 is 17.9. The van der Waals surface area contributed by atoms with Gasteiger partial charge in [0.1, 0.15) is 22.3 Å². The highest BCUT2D eigenvalue weighted by Gasteiger charge is 2.26. The van der Waals surface area contributed by atoms with Crippen LogP contribution in [0.2, 0.25) is 0 Å². The van der Waals surface area contributed by atoms with Gasteiger partial charge in [-0.25, -0.2) is 0 Å². The average molecular weight is 715 g/mol. The van der Waals surface area contributed by atoms with Crippen LogP contribution in [0.3, 0.4) is 0 Å². The predicted molar refractivity (Wildman–Crippen MR) is 234 cm³/mol. The van der Waals surface area contributed by atoms with Crippen molar-refractivity contribution in [2.45, 2.75) is 0 Å². The fourth-order valence-corrected chi connectivity index (χ4v) is 9.88. The van der Waals surface area contributed by atoms with Crippen molar-refractivity contribution < 1.29 is 8.83 Å². The van der Waals surface area contributed by atoms with E-state index < -0.39 is 0 Å². The van der Waals surface area contributed by atoms with Crippen LogP contribution in [0.1, 0.15) is 11.3 Å². The van der Waals surface area contributed by atoms with Crippen LogP contribution in [0.15, 0.2) is 168 Å². The van der Waals surface area contributed by atoms with Crippen LogP contribution < -0.4 is 0 Å². The topological polar surface area (TPSA) is 36.1 Å². The molecule has 260 valence electrons. The summed E-state index contributed by atoms with van der Waals surface area (Å²) in [5, 5.41) is 10.6. The fourth-order valence-electron chi connectivity index (χ4n) is 9.88. The molecular weight excluding hydrogens is 685 g/mol. The van der Waals surface area contributed by atoms with Gasteiger partial charge in [0.15, 0.2) is 0 Å². The third-order valence-electron chi connectivity index (χ3n) is 12.2. The van der Waals surface area contributed by atoms with Crippen molar-refractivity contribution in [1.29, 1.82) is 0 Å². The number of para-hydroxylation sites is 2. The van der Waals surface area contributed by atoms with Crippen molar-refractivity contribution in [2.24, 2.45) is 0 Å². The molecule has 0 aliphatic heterocycles. The minimum atomic E-state index is 0.881. The predicted octanol–water partition coefficient (Wildman–Crippen LogP) is 14.6. The van der Waals surface area contributed by atoms with Crippen LogP contribution in [-0.2, 0) is 0 Å².